The highest BCUT2D eigenvalue weighted by atomic mass is 16.3. The Labute approximate surface area is 326 Å². The first-order valence-electron chi connectivity index (χ1n) is 29.4. The monoisotopic (exact) mass is 652 g/mol. The van der Waals surface area contributed by atoms with E-state index in [1.807, 2.05) is 0 Å². The van der Waals surface area contributed by atoms with Crippen LogP contribution in [0.2, 0.25) is 0 Å². The highest BCUT2D eigenvalue weighted by Gasteiger charge is 2.18. The standard InChI is InChI=1S/C48H30O/c1-2-12-31(13-3-1)33-24-26-45-43(29-33)44-30-36(25-27-46(44)49-45)48-41-21-8-6-19-39(41)47(40-20-7-9-22-42(40)48)35-17-10-16-34(28-35)38-23-11-15-32-14-4-5-18-37(32)38/h1-30H/i1D,2D,3D,4D,5D,6D,7D,8D,9D,10D,11D,12D,13D,14D,15D,16D,17D,18D,19D,20D,21D,22D,23D,24D,25D,26D,27D,28D,29D,30D. The largest absolute Gasteiger partial charge is 0.456 e. The van der Waals surface area contributed by atoms with Crippen LogP contribution >= 0.6 is 0 Å². The van der Waals surface area contributed by atoms with Gasteiger partial charge < -0.3 is 4.42 Å². The molecule has 9 aromatic carbocycles. The topological polar surface area (TPSA) is 13.1 Å². The fourth-order valence-corrected chi connectivity index (χ4v) is 5.74. The highest BCUT2D eigenvalue weighted by Crippen LogP contribution is 2.45. The van der Waals surface area contributed by atoms with Gasteiger partial charge in [0.05, 0.1) is 41.1 Å². The van der Waals surface area contributed by atoms with Gasteiger partial charge in [-0.15, -0.1) is 0 Å². The molecular weight excluding hydrogens is 593 g/mol. The lowest BCUT2D eigenvalue weighted by Crippen LogP contribution is -1.91. The molecule has 0 amide bonds. The van der Waals surface area contributed by atoms with Crippen LogP contribution in [0.15, 0.2) is 186 Å². The normalized spacial score (nSPS) is 20.2. The minimum Gasteiger partial charge on any atom is -0.456 e. The third-order valence-electron chi connectivity index (χ3n) is 7.82. The Kier molecular flexibility index (Phi) is 2.50. The van der Waals surface area contributed by atoms with Crippen LogP contribution in [0.3, 0.4) is 0 Å². The van der Waals surface area contributed by atoms with Crippen molar-refractivity contribution >= 4 is 54.3 Å². The second-order valence-corrected chi connectivity index (χ2v) is 10.5. The number of hydrogen-bond acceptors (Lipinski definition) is 1. The number of benzene rings is 9. The van der Waals surface area contributed by atoms with Crippen LogP contribution in [0.1, 0.15) is 41.1 Å². The molecule has 0 radical (unpaired) electrons. The summed E-state index contributed by atoms with van der Waals surface area (Å²) in [6.07, 6.45) is 0. The molecule has 0 aliphatic heterocycles. The van der Waals surface area contributed by atoms with E-state index in [1.54, 1.807) is 0 Å². The zero-order valence-electron chi connectivity index (χ0n) is 54.4. The van der Waals surface area contributed by atoms with Crippen LogP contribution in [-0.4, -0.2) is 0 Å². The summed E-state index contributed by atoms with van der Waals surface area (Å²) >= 11 is 0. The van der Waals surface area contributed by atoms with Gasteiger partial charge in [0.25, 0.3) is 0 Å². The van der Waals surface area contributed by atoms with E-state index in [-0.39, 0.29) is 0 Å². The van der Waals surface area contributed by atoms with E-state index in [2.05, 4.69) is 0 Å². The average Bonchev–Trinajstić information content (AvgIpc) is 4.08. The maximum absolute atomic E-state index is 9.92. The zero-order chi connectivity index (χ0) is 58.4. The van der Waals surface area contributed by atoms with E-state index in [4.69, 9.17) is 31.8 Å². The molecule has 1 heterocycles. The van der Waals surface area contributed by atoms with Gasteiger partial charge in [0.1, 0.15) is 11.2 Å². The van der Waals surface area contributed by atoms with Crippen molar-refractivity contribution in [2.45, 2.75) is 0 Å². The van der Waals surface area contributed by atoms with Gasteiger partial charge in [-0.1, -0.05) is 151 Å². The Hall–Kier alpha value is -6.44. The van der Waals surface area contributed by atoms with Crippen molar-refractivity contribution in [1.82, 2.24) is 0 Å². The number of rotatable bonds is 4. The molecular formula is C48H30O. The first-order chi connectivity index (χ1) is 36.8. The van der Waals surface area contributed by atoms with Crippen LogP contribution in [0.4, 0.5) is 0 Å². The third kappa shape index (κ3) is 4.47. The SMILES string of the molecule is [2H]c1c([2H])c([2H])c(-c2c([2H])c([2H])c3oc4c([2H])c([2H])c(-c5c6c([2H])c([2H])c([2H])c([2H])c6c(-c6c([2H])c([2H])c([2H])c(-c7c([2H])c([2H])c([2H])c8c([2H])c([2H])c([2H])c([2H])c78)c6[2H])c6c([2H])c([2H])c([2H])c([2H])c56)c([2H])c4c3c2[2H])c([2H])c1[2H]. The summed E-state index contributed by atoms with van der Waals surface area (Å²) in [5, 5.41) is -5.75. The van der Waals surface area contributed by atoms with Crippen LogP contribution in [0.5, 0.6) is 0 Å². The van der Waals surface area contributed by atoms with Crippen molar-refractivity contribution in [3.05, 3.63) is 181 Å². The number of hydrogen-bond donors (Lipinski definition) is 0. The molecule has 0 N–H and O–H groups in total. The molecule has 0 fully saturated rings. The summed E-state index contributed by atoms with van der Waals surface area (Å²) < 4.78 is 276. The molecule has 228 valence electrons. The van der Waals surface area contributed by atoms with Crippen molar-refractivity contribution in [3.8, 4) is 44.5 Å². The first-order valence-corrected chi connectivity index (χ1v) is 14.4. The van der Waals surface area contributed by atoms with Gasteiger partial charge in [-0.3, -0.25) is 0 Å². The van der Waals surface area contributed by atoms with E-state index < -0.39 is 280 Å². The van der Waals surface area contributed by atoms with Gasteiger partial charge in [0.2, 0.25) is 0 Å². The Morgan fingerprint density at radius 3 is 1.45 bits per heavy atom. The average molecular weight is 653 g/mol. The summed E-state index contributed by atoms with van der Waals surface area (Å²) in [7, 11) is 0. The van der Waals surface area contributed by atoms with Crippen molar-refractivity contribution < 1.29 is 45.5 Å². The smallest absolute Gasteiger partial charge is 0.135 e. The number of fused-ring (bicyclic) bond motifs is 6. The van der Waals surface area contributed by atoms with E-state index in [9.17, 15) is 13.7 Å². The molecule has 0 aliphatic carbocycles. The molecule has 0 spiro atoms. The molecule has 0 bridgehead atoms. The van der Waals surface area contributed by atoms with Crippen LogP contribution < -0.4 is 0 Å². The van der Waals surface area contributed by atoms with E-state index in [1.165, 1.54) is 0 Å². The van der Waals surface area contributed by atoms with Gasteiger partial charge in [-0.05, 0) is 107 Å². The fraction of sp³-hybridized carbons (Fsp3) is 0. The minimum absolute atomic E-state index is 0.587. The van der Waals surface area contributed by atoms with E-state index in [0.29, 0.717) is 0 Å². The summed E-state index contributed by atoms with van der Waals surface area (Å²) in [6, 6.07) is -29.1. The zero-order valence-corrected chi connectivity index (χ0v) is 24.4. The Morgan fingerprint density at radius 1 is 0.306 bits per heavy atom. The molecule has 0 atom stereocenters. The van der Waals surface area contributed by atoms with Gasteiger partial charge in [-0.2, -0.15) is 0 Å². The second kappa shape index (κ2) is 11.1. The van der Waals surface area contributed by atoms with Crippen molar-refractivity contribution in [3.63, 3.8) is 0 Å². The summed E-state index contributed by atoms with van der Waals surface area (Å²) in [6.45, 7) is 0. The molecule has 0 saturated carbocycles. The molecule has 0 saturated heterocycles. The summed E-state index contributed by atoms with van der Waals surface area (Å²) in [4.78, 5) is 0. The third-order valence-corrected chi connectivity index (χ3v) is 7.82. The predicted molar refractivity (Wildman–Crippen MR) is 208 cm³/mol. The molecule has 1 aromatic heterocycles. The molecule has 49 heavy (non-hydrogen) atoms. The second-order valence-electron chi connectivity index (χ2n) is 10.5. The Morgan fingerprint density at radius 2 is 0.776 bits per heavy atom. The van der Waals surface area contributed by atoms with E-state index in [0.717, 1.165) is 0 Å². The van der Waals surface area contributed by atoms with Gasteiger partial charge >= 0.3 is 0 Å². The molecule has 10 rings (SSSR count). The lowest BCUT2D eigenvalue weighted by atomic mass is 9.85. The molecule has 0 unspecified atom stereocenters. The molecule has 1 heteroatoms. The lowest BCUT2D eigenvalue weighted by Gasteiger charge is -2.18. The molecule has 0 aliphatic rings. The van der Waals surface area contributed by atoms with Crippen LogP contribution in [0.25, 0.3) is 98.8 Å². The highest BCUT2D eigenvalue weighted by molar-refractivity contribution is 6.22. The maximum atomic E-state index is 9.92. The van der Waals surface area contributed by atoms with Crippen LogP contribution in [-0.2, 0) is 0 Å². The van der Waals surface area contributed by atoms with Crippen molar-refractivity contribution in [1.29, 1.82) is 0 Å². The molecule has 10 aromatic rings. The van der Waals surface area contributed by atoms with Crippen molar-refractivity contribution in [2.24, 2.45) is 0 Å². The van der Waals surface area contributed by atoms with E-state index >= 15 is 0 Å². The summed E-state index contributed by atoms with van der Waals surface area (Å²) in [5.74, 6) is 0. The van der Waals surface area contributed by atoms with Gasteiger partial charge in [0, 0.05) is 10.8 Å². The van der Waals surface area contributed by atoms with Crippen LogP contribution in [0, 0.1) is 0 Å². The van der Waals surface area contributed by atoms with Gasteiger partial charge in [-0.25, -0.2) is 0 Å². The van der Waals surface area contributed by atoms with Crippen molar-refractivity contribution in [2.75, 3.05) is 0 Å². The Balaban J connectivity index is 1.47. The Bertz CT molecular complexity index is 4480. The predicted octanol–water partition coefficient (Wildman–Crippen LogP) is 13.7. The lowest BCUT2D eigenvalue weighted by molar-refractivity contribution is 0.669. The van der Waals surface area contributed by atoms with Gasteiger partial charge in [0.15, 0.2) is 0 Å². The fourth-order valence-electron chi connectivity index (χ4n) is 5.74. The number of furan rings is 1. The molecule has 1 nitrogen and oxygen atoms in total. The quantitative estimate of drug-likeness (QED) is 0.172. The maximum Gasteiger partial charge on any atom is 0.135 e. The first kappa shape index (κ1) is 11.1. The summed E-state index contributed by atoms with van der Waals surface area (Å²) in [5.41, 5.74) is -7.80. The minimum atomic E-state index is -1.11.